The lowest BCUT2D eigenvalue weighted by Gasteiger charge is -2.19. The highest BCUT2D eigenvalue weighted by Gasteiger charge is 2.36. The van der Waals surface area contributed by atoms with Crippen LogP contribution in [0, 0.1) is 11.8 Å². The highest BCUT2D eigenvalue weighted by Crippen LogP contribution is 2.22. The van der Waals surface area contributed by atoms with E-state index in [-0.39, 0.29) is 23.8 Å². The molecule has 2 aliphatic heterocycles. The molecule has 2 fully saturated rings. The van der Waals surface area contributed by atoms with E-state index in [0.29, 0.717) is 39.3 Å². The molecule has 0 aromatic rings. The number of nitrogens with one attached hydrogen (secondary N) is 2. The van der Waals surface area contributed by atoms with Crippen LogP contribution in [0.25, 0.3) is 0 Å². The predicted octanol–water partition coefficient (Wildman–Crippen LogP) is 0.221. The zero-order valence-electron chi connectivity index (χ0n) is 12.1. The summed E-state index contributed by atoms with van der Waals surface area (Å²) in [5.41, 5.74) is 0. The summed E-state index contributed by atoms with van der Waals surface area (Å²) in [6.07, 6.45) is -3.47. The van der Waals surface area contributed by atoms with E-state index in [2.05, 4.69) is 10.6 Å². The standard InChI is InChI=1S/C13H22F3N3O2/c1-17-11-7-21-6-10(11)12(20)18-4-9-2-3-19(5-9)8-13(14,15)16/h9-11,17H,2-8H2,1H3,(H,18,20). The van der Waals surface area contributed by atoms with Crippen molar-refractivity contribution in [1.29, 1.82) is 0 Å². The lowest BCUT2D eigenvalue weighted by molar-refractivity contribution is -0.143. The lowest BCUT2D eigenvalue weighted by atomic mass is 10.0. The summed E-state index contributed by atoms with van der Waals surface area (Å²) in [6, 6.07) is 0.00954. The number of ether oxygens (including phenoxy) is 1. The zero-order valence-corrected chi connectivity index (χ0v) is 12.1. The first-order valence-corrected chi connectivity index (χ1v) is 7.21. The van der Waals surface area contributed by atoms with E-state index in [9.17, 15) is 18.0 Å². The Kier molecular flexibility index (Phi) is 5.45. The van der Waals surface area contributed by atoms with Gasteiger partial charge >= 0.3 is 6.18 Å². The van der Waals surface area contributed by atoms with Crippen LogP contribution in [-0.2, 0) is 9.53 Å². The number of carbonyl (C=O) groups is 1. The van der Waals surface area contributed by atoms with E-state index >= 15 is 0 Å². The number of amides is 1. The largest absolute Gasteiger partial charge is 0.401 e. The monoisotopic (exact) mass is 309 g/mol. The van der Waals surface area contributed by atoms with Crippen LogP contribution in [0.5, 0.6) is 0 Å². The Labute approximate surface area is 122 Å². The Morgan fingerprint density at radius 1 is 1.38 bits per heavy atom. The molecule has 0 aliphatic carbocycles. The lowest BCUT2D eigenvalue weighted by Crippen LogP contribution is -2.44. The minimum Gasteiger partial charge on any atom is -0.379 e. The normalized spacial score (nSPS) is 30.8. The maximum atomic E-state index is 12.3. The minimum atomic E-state index is -4.15. The number of nitrogens with zero attached hydrogens (tertiary/aromatic N) is 1. The molecule has 0 bridgehead atoms. The zero-order chi connectivity index (χ0) is 15.5. The average Bonchev–Trinajstić information content (AvgIpc) is 3.02. The molecule has 3 atom stereocenters. The first kappa shape index (κ1) is 16.5. The number of halogens is 3. The summed E-state index contributed by atoms with van der Waals surface area (Å²) < 4.78 is 42.2. The van der Waals surface area contributed by atoms with Crippen LogP contribution in [0.2, 0.25) is 0 Å². The van der Waals surface area contributed by atoms with Gasteiger partial charge in [-0.15, -0.1) is 0 Å². The van der Waals surface area contributed by atoms with Crippen LogP contribution in [0.1, 0.15) is 6.42 Å². The van der Waals surface area contributed by atoms with Crippen molar-refractivity contribution in [3.05, 3.63) is 0 Å². The Balaban J connectivity index is 1.71. The van der Waals surface area contributed by atoms with Crippen LogP contribution in [0.4, 0.5) is 13.2 Å². The van der Waals surface area contributed by atoms with Gasteiger partial charge in [0.05, 0.1) is 25.7 Å². The number of likely N-dealkylation sites (tertiary alicyclic amines) is 1. The average molecular weight is 309 g/mol. The molecule has 8 heteroatoms. The molecule has 5 nitrogen and oxygen atoms in total. The first-order chi connectivity index (χ1) is 9.89. The van der Waals surface area contributed by atoms with Crippen LogP contribution < -0.4 is 10.6 Å². The van der Waals surface area contributed by atoms with Gasteiger partial charge in [-0.2, -0.15) is 13.2 Å². The fraction of sp³-hybridized carbons (Fsp3) is 0.923. The van der Waals surface area contributed by atoms with Crippen molar-refractivity contribution in [3.8, 4) is 0 Å². The molecule has 2 aliphatic rings. The number of hydrogen-bond acceptors (Lipinski definition) is 4. The molecule has 21 heavy (non-hydrogen) atoms. The van der Waals surface area contributed by atoms with E-state index < -0.39 is 12.7 Å². The summed E-state index contributed by atoms with van der Waals surface area (Å²) in [4.78, 5) is 13.5. The van der Waals surface area contributed by atoms with Crippen molar-refractivity contribution in [1.82, 2.24) is 15.5 Å². The molecule has 2 heterocycles. The van der Waals surface area contributed by atoms with Gasteiger partial charge in [-0.25, -0.2) is 0 Å². The highest BCUT2D eigenvalue weighted by atomic mass is 19.4. The van der Waals surface area contributed by atoms with E-state index in [1.54, 1.807) is 7.05 Å². The molecule has 0 spiro atoms. The fourth-order valence-electron chi connectivity index (χ4n) is 2.95. The van der Waals surface area contributed by atoms with Gasteiger partial charge in [-0.05, 0) is 25.9 Å². The Bertz CT molecular complexity index is 365. The number of likely N-dealkylation sites (N-methyl/N-ethyl adjacent to an activating group) is 1. The third-order valence-electron chi connectivity index (χ3n) is 4.13. The number of rotatable bonds is 5. The Hall–Kier alpha value is -0.860. The summed E-state index contributed by atoms with van der Waals surface area (Å²) in [6.45, 7) is 1.29. The van der Waals surface area contributed by atoms with Gasteiger partial charge in [0.15, 0.2) is 0 Å². The van der Waals surface area contributed by atoms with Crippen molar-refractivity contribution in [2.75, 3.05) is 46.4 Å². The second-order valence-electron chi connectivity index (χ2n) is 5.79. The van der Waals surface area contributed by atoms with E-state index in [1.807, 2.05) is 0 Å². The second-order valence-corrected chi connectivity index (χ2v) is 5.79. The topological polar surface area (TPSA) is 53.6 Å². The number of hydrogen-bond donors (Lipinski definition) is 2. The molecule has 3 unspecified atom stereocenters. The number of carbonyl (C=O) groups excluding carboxylic acids is 1. The van der Waals surface area contributed by atoms with Crippen molar-refractivity contribution in [2.24, 2.45) is 11.8 Å². The molecule has 1 amide bonds. The molecule has 0 saturated carbocycles. The van der Waals surface area contributed by atoms with E-state index in [4.69, 9.17) is 4.74 Å². The van der Waals surface area contributed by atoms with Crippen LogP contribution in [0.15, 0.2) is 0 Å². The third kappa shape index (κ3) is 4.82. The molecular weight excluding hydrogens is 287 g/mol. The van der Waals surface area contributed by atoms with Gasteiger partial charge in [0.1, 0.15) is 0 Å². The predicted molar refractivity (Wildman–Crippen MR) is 70.8 cm³/mol. The Morgan fingerprint density at radius 2 is 2.14 bits per heavy atom. The third-order valence-corrected chi connectivity index (χ3v) is 4.13. The molecule has 2 N–H and O–H groups in total. The van der Waals surface area contributed by atoms with Crippen molar-refractivity contribution >= 4 is 5.91 Å². The molecular formula is C13H22F3N3O2. The highest BCUT2D eigenvalue weighted by molar-refractivity contribution is 5.79. The van der Waals surface area contributed by atoms with Crippen LogP contribution in [0.3, 0.4) is 0 Å². The minimum absolute atomic E-state index is 0.00954. The summed E-state index contributed by atoms with van der Waals surface area (Å²) in [5.74, 6) is -0.213. The number of alkyl halides is 3. The van der Waals surface area contributed by atoms with Gasteiger partial charge in [-0.3, -0.25) is 9.69 Å². The van der Waals surface area contributed by atoms with Crippen LogP contribution >= 0.6 is 0 Å². The molecule has 2 rings (SSSR count). The molecule has 122 valence electrons. The van der Waals surface area contributed by atoms with Crippen molar-refractivity contribution in [2.45, 2.75) is 18.6 Å². The first-order valence-electron chi connectivity index (χ1n) is 7.21. The summed E-state index contributed by atoms with van der Waals surface area (Å²) >= 11 is 0. The Morgan fingerprint density at radius 3 is 2.81 bits per heavy atom. The molecule has 2 saturated heterocycles. The maximum absolute atomic E-state index is 12.3. The fourth-order valence-corrected chi connectivity index (χ4v) is 2.95. The SMILES string of the molecule is CNC1COCC1C(=O)NCC1CCN(CC(F)(F)F)C1. The van der Waals surface area contributed by atoms with E-state index in [1.165, 1.54) is 4.90 Å². The van der Waals surface area contributed by atoms with Crippen molar-refractivity contribution < 1.29 is 22.7 Å². The quantitative estimate of drug-likeness (QED) is 0.763. The summed E-state index contributed by atoms with van der Waals surface area (Å²) in [5, 5.41) is 5.88. The van der Waals surface area contributed by atoms with E-state index in [0.717, 1.165) is 0 Å². The smallest absolute Gasteiger partial charge is 0.379 e. The van der Waals surface area contributed by atoms with Gasteiger partial charge in [0, 0.05) is 19.1 Å². The summed E-state index contributed by atoms with van der Waals surface area (Å²) in [7, 11) is 1.78. The van der Waals surface area contributed by atoms with Gasteiger partial charge in [0.25, 0.3) is 0 Å². The van der Waals surface area contributed by atoms with Gasteiger partial charge in [-0.1, -0.05) is 0 Å². The molecule has 0 aromatic heterocycles. The van der Waals surface area contributed by atoms with Crippen molar-refractivity contribution in [3.63, 3.8) is 0 Å². The molecule has 0 radical (unpaired) electrons. The van der Waals surface area contributed by atoms with Gasteiger partial charge in [0.2, 0.25) is 5.91 Å². The maximum Gasteiger partial charge on any atom is 0.401 e. The second kappa shape index (κ2) is 6.93. The van der Waals surface area contributed by atoms with Gasteiger partial charge < -0.3 is 15.4 Å². The molecule has 0 aromatic carbocycles. The van der Waals surface area contributed by atoms with Crippen LogP contribution in [-0.4, -0.2) is 69.5 Å².